The van der Waals surface area contributed by atoms with Gasteiger partial charge in [0.1, 0.15) is 17.6 Å². The maximum absolute atomic E-state index is 13.3. The lowest BCUT2D eigenvalue weighted by atomic mass is 10.0. The average molecular weight is 508 g/mol. The molecule has 1 aromatic carbocycles. The highest BCUT2D eigenvalue weighted by Crippen LogP contribution is 2.31. The van der Waals surface area contributed by atoms with Gasteiger partial charge in [-0.3, -0.25) is 9.59 Å². The highest BCUT2D eigenvalue weighted by atomic mass is 32.2. The van der Waals surface area contributed by atoms with Gasteiger partial charge in [-0.05, 0) is 50.3 Å². The lowest BCUT2D eigenvalue weighted by Crippen LogP contribution is -2.45. The van der Waals surface area contributed by atoms with E-state index < -0.39 is 22.0 Å². The van der Waals surface area contributed by atoms with Crippen LogP contribution < -0.4 is 15.0 Å². The number of carbonyl (C=O) groups excluding carboxylic acids is 1. The first kappa shape index (κ1) is 28.5. The number of rotatable bonds is 13. The van der Waals surface area contributed by atoms with Gasteiger partial charge in [-0.25, -0.2) is 13.4 Å². The minimum atomic E-state index is -4.11. The zero-order valence-corrected chi connectivity index (χ0v) is 22.3. The van der Waals surface area contributed by atoms with Crippen molar-refractivity contribution in [1.82, 2.24) is 14.7 Å². The zero-order valence-electron chi connectivity index (χ0n) is 21.4. The minimum Gasteiger partial charge on any atom is -0.493 e. The van der Waals surface area contributed by atoms with Crippen molar-refractivity contribution in [1.29, 1.82) is 0 Å². The summed E-state index contributed by atoms with van der Waals surface area (Å²) in [5.74, 6) is -0.260. The molecule has 0 bridgehead atoms. The van der Waals surface area contributed by atoms with Crippen LogP contribution in [0.1, 0.15) is 65.6 Å². The predicted octanol–water partition coefficient (Wildman–Crippen LogP) is 3.61. The smallest absolute Gasteiger partial charge is 0.324 e. The van der Waals surface area contributed by atoms with E-state index in [4.69, 9.17) is 9.47 Å². The van der Waals surface area contributed by atoms with Gasteiger partial charge in [-0.1, -0.05) is 41.0 Å². The van der Waals surface area contributed by atoms with Crippen molar-refractivity contribution >= 4 is 16.0 Å². The van der Waals surface area contributed by atoms with E-state index >= 15 is 0 Å². The van der Waals surface area contributed by atoms with E-state index in [0.717, 1.165) is 6.42 Å². The molecule has 35 heavy (non-hydrogen) atoms. The van der Waals surface area contributed by atoms with Crippen molar-refractivity contribution < 1.29 is 22.7 Å². The van der Waals surface area contributed by atoms with Crippen LogP contribution >= 0.6 is 0 Å². The fourth-order valence-corrected chi connectivity index (χ4v) is 4.95. The number of esters is 1. The average Bonchev–Trinajstić information content (AvgIpc) is 2.84. The van der Waals surface area contributed by atoms with E-state index in [0.29, 0.717) is 48.4 Å². The van der Waals surface area contributed by atoms with Crippen molar-refractivity contribution in [3.05, 3.63) is 39.8 Å². The van der Waals surface area contributed by atoms with Crippen LogP contribution in [0.3, 0.4) is 0 Å². The molecule has 0 aliphatic carbocycles. The Hall–Kier alpha value is -2.72. The number of ether oxygens (including phenoxy) is 2. The fraction of sp³-hybridized carbons (Fsp3) is 0.560. The standard InChI is InChI=1S/C25H37N3O6S/c1-7-14-34-21-13-12-17(35(31,32)28-22(16(6)8-2)25(30)33-11-5)15-19(21)23-26-20(10-4)18(9-3)24(29)27-23/h12-13,15-16,22,28H,7-11,14H2,1-6H3,(H,26,27,29). The summed E-state index contributed by atoms with van der Waals surface area (Å²) in [7, 11) is -4.11. The van der Waals surface area contributed by atoms with Gasteiger partial charge >= 0.3 is 5.97 Å². The number of H-pyrrole nitrogens is 1. The summed E-state index contributed by atoms with van der Waals surface area (Å²) in [5.41, 5.74) is 1.34. The van der Waals surface area contributed by atoms with Gasteiger partial charge < -0.3 is 14.5 Å². The van der Waals surface area contributed by atoms with Crippen LogP contribution in [0.2, 0.25) is 0 Å². The molecule has 9 nitrogen and oxygen atoms in total. The second kappa shape index (κ2) is 12.8. The Morgan fingerprint density at radius 2 is 1.86 bits per heavy atom. The topological polar surface area (TPSA) is 127 Å². The summed E-state index contributed by atoms with van der Waals surface area (Å²) in [6.45, 7) is 11.6. The molecule has 194 valence electrons. The molecule has 1 heterocycles. The van der Waals surface area contributed by atoms with Crippen molar-refractivity contribution in [2.75, 3.05) is 13.2 Å². The number of sulfonamides is 1. The summed E-state index contributed by atoms with van der Waals surface area (Å²) in [4.78, 5) is 32.5. The molecule has 0 aliphatic rings. The molecule has 0 radical (unpaired) electrons. The largest absolute Gasteiger partial charge is 0.493 e. The van der Waals surface area contributed by atoms with Crippen LogP contribution in [-0.2, 0) is 32.4 Å². The number of aryl methyl sites for hydroxylation is 1. The van der Waals surface area contributed by atoms with Gasteiger partial charge in [-0.2, -0.15) is 4.72 Å². The molecule has 2 unspecified atom stereocenters. The lowest BCUT2D eigenvalue weighted by Gasteiger charge is -2.22. The van der Waals surface area contributed by atoms with Crippen molar-refractivity contribution in [3.63, 3.8) is 0 Å². The Morgan fingerprint density at radius 3 is 2.43 bits per heavy atom. The molecule has 10 heteroatoms. The molecular weight excluding hydrogens is 470 g/mol. The molecule has 0 amide bonds. The third kappa shape index (κ3) is 6.91. The number of nitrogens with zero attached hydrogens (tertiary/aromatic N) is 1. The zero-order chi connectivity index (χ0) is 26.2. The molecule has 2 N–H and O–H groups in total. The maximum Gasteiger partial charge on any atom is 0.324 e. The second-order valence-electron chi connectivity index (χ2n) is 8.29. The SMILES string of the molecule is CCCOc1ccc(S(=O)(=O)NC(C(=O)OCC)C(C)CC)cc1-c1nc(CC)c(CC)c(=O)[nH]1. The van der Waals surface area contributed by atoms with Crippen molar-refractivity contribution in [3.8, 4) is 17.1 Å². The molecule has 0 fully saturated rings. The summed E-state index contributed by atoms with van der Waals surface area (Å²) < 4.78 is 40.1. The summed E-state index contributed by atoms with van der Waals surface area (Å²) in [6.07, 6.45) is 2.42. The summed E-state index contributed by atoms with van der Waals surface area (Å²) in [6, 6.07) is 3.34. The van der Waals surface area contributed by atoms with Gasteiger partial charge in [0.25, 0.3) is 5.56 Å². The first-order valence-electron chi connectivity index (χ1n) is 12.2. The molecule has 0 saturated heterocycles. The maximum atomic E-state index is 13.3. The van der Waals surface area contributed by atoms with E-state index in [1.807, 2.05) is 27.7 Å². The minimum absolute atomic E-state index is 0.0748. The van der Waals surface area contributed by atoms with E-state index in [2.05, 4.69) is 14.7 Å². The number of aromatic nitrogens is 2. The summed E-state index contributed by atoms with van der Waals surface area (Å²) in [5, 5.41) is 0. The Morgan fingerprint density at radius 1 is 1.14 bits per heavy atom. The molecule has 0 spiro atoms. The number of benzene rings is 1. The first-order valence-corrected chi connectivity index (χ1v) is 13.7. The van der Waals surface area contributed by atoms with Gasteiger partial charge in [0.2, 0.25) is 10.0 Å². The number of aromatic amines is 1. The molecule has 0 aliphatic heterocycles. The monoisotopic (exact) mass is 507 g/mol. The normalized spacial score (nSPS) is 13.3. The number of hydrogen-bond acceptors (Lipinski definition) is 7. The number of carbonyl (C=O) groups is 1. The number of nitrogens with one attached hydrogen (secondary N) is 2. The molecule has 2 aromatic rings. The fourth-order valence-electron chi connectivity index (χ4n) is 3.63. The highest BCUT2D eigenvalue weighted by Gasteiger charge is 2.31. The Balaban J connectivity index is 2.61. The molecule has 2 rings (SSSR count). The van der Waals surface area contributed by atoms with Crippen LogP contribution in [0.5, 0.6) is 5.75 Å². The predicted molar refractivity (Wildman–Crippen MR) is 135 cm³/mol. The molecule has 1 aromatic heterocycles. The third-order valence-corrected chi connectivity index (χ3v) is 7.24. The van der Waals surface area contributed by atoms with E-state index in [1.54, 1.807) is 19.9 Å². The van der Waals surface area contributed by atoms with Crippen LogP contribution in [0.15, 0.2) is 27.9 Å². The van der Waals surface area contributed by atoms with Crippen molar-refractivity contribution in [2.45, 2.75) is 78.2 Å². The molecular formula is C25H37N3O6S. The van der Waals surface area contributed by atoms with Crippen LogP contribution in [0.4, 0.5) is 0 Å². The van der Waals surface area contributed by atoms with Crippen LogP contribution in [-0.4, -0.2) is 43.6 Å². The van der Waals surface area contributed by atoms with Crippen LogP contribution in [0.25, 0.3) is 11.4 Å². The van der Waals surface area contributed by atoms with E-state index in [1.165, 1.54) is 12.1 Å². The molecule has 0 saturated carbocycles. The Kier molecular flexibility index (Phi) is 10.5. The Labute approximate surface area is 207 Å². The summed E-state index contributed by atoms with van der Waals surface area (Å²) >= 11 is 0. The first-order chi connectivity index (χ1) is 16.6. The highest BCUT2D eigenvalue weighted by molar-refractivity contribution is 7.89. The van der Waals surface area contributed by atoms with Crippen LogP contribution in [0, 0.1) is 5.92 Å². The second-order valence-corrected chi connectivity index (χ2v) is 10.0. The Bertz CT molecular complexity index is 1180. The van der Waals surface area contributed by atoms with Gasteiger partial charge in [0, 0.05) is 5.56 Å². The third-order valence-electron chi connectivity index (χ3n) is 5.80. The van der Waals surface area contributed by atoms with Crippen molar-refractivity contribution in [2.24, 2.45) is 5.92 Å². The van der Waals surface area contributed by atoms with Gasteiger partial charge in [0.15, 0.2) is 0 Å². The van der Waals surface area contributed by atoms with E-state index in [9.17, 15) is 18.0 Å². The van der Waals surface area contributed by atoms with E-state index in [-0.39, 0.29) is 28.8 Å². The lowest BCUT2D eigenvalue weighted by molar-refractivity contribution is -0.146. The molecule has 2 atom stereocenters. The van der Waals surface area contributed by atoms with Gasteiger partial charge in [-0.15, -0.1) is 0 Å². The quantitative estimate of drug-likeness (QED) is 0.397. The number of hydrogen-bond donors (Lipinski definition) is 2. The van der Waals surface area contributed by atoms with Gasteiger partial charge in [0.05, 0.1) is 29.4 Å².